The highest BCUT2D eigenvalue weighted by molar-refractivity contribution is 6.01. The van der Waals surface area contributed by atoms with Gasteiger partial charge in [-0.1, -0.05) is 11.2 Å². The summed E-state index contributed by atoms with van der Waals surface area (Å²) in [6, 6.07) is 6.90. The smallest absolute Gasteiger partial charge is 0.189 e. The van der Waals surface area contributed by atoms with Gasteiger partial charge in [0.05, 0.1) is 5.71 Å². The van der Waals surface area contributed by atoms with Crippen LogP contribution in [0.1, 0.15) is 18.2 Å². The summed E-state index contributed by atoms with van der Waals surface area (Å²) in [4.78, 5) is 14.9. The minimum Gasteiger partial charge on any atom is -0.411 e. The van der Waals surface area contributed by atoms with Crippen molar-refractivity contribution in [3.05, 3.63) is 45.7 Å². The third-order valence-electron chi connectivity index (χ3n) is 2.53. The largest absolute Gasteiger partial charge is 0.411 e. The van der Waals surface area contributed by atoms with Crippen molar-refractivity contribution in [3.63, 3.8) is 0 Å². The third-order valence-corrected chi connectivity index (χ3v) is 2.53. The van der Waals surface area contributed by atoms with E-state index < -0.39 is 0 Å². The topological polar surface area (TPSA) is 65.5 Å². The molecule has 82 valence electrons. The van der Waals surface area contributed by atoms with Crippen LogP contribution in [0.5, 0.6) is 0 Å². The van der Waals surface area contributed by atoms with Crippen LogP contribution in [0.2, 0.25) is 0 Å². The van der Waals surface area contributed by atoms with E-state index in [0.717, 1.165) is 16.8 Å². The van der Waals surface area contributed by atoms with Gasteiger partial charge in [0.1, 0.15) is 0 Å². The zero-order chi connectivity index (χ0) is 11.7. The van der Waals surface area contributed by atoms with E-state index in [1.807, 2.05) is 19.1 Å². The molecule has 4 nitrogen and oxygen atoms in total. The number of hydrogen-bond donors (Lipinski definition) is 2. The minimum absolute atomic E-state index is 0.0289. The van der Waals surface area contributed by atoms with Crippen molar-refractivity contribution in [1.82, 2.24) is 4.98 Å². The van der Waals surface area contributed by atoms with Crippen molar-refractivity contribution in [1.29, 1.82) is 0 Å². The van der Waals surface area contributed by atoms with E-state index in [4.69, 9.17) is 5.21 Å². The number of benzene rings is 1. The molecule has 0 aliphatic rings. The first-order chi connectivity index (χ1) is 7.61. The molecule has 1 heterocycles. The lowest BCUT2D eigenvalue weighted by Gasteiger charge is -2.03. The number of fused-ring (bicyclic) bond motifs is 1. The van der Waals surface area contributed by atoms with Crippen LogP contribution >= 0.6 is 0 Å². The maximum absolute atomic E-state index is 11.7. The Morgan fingerprint density at radius 2 is 2.12 bits per heavy atom. The van der Waals surface area contributed by atoms with Crippen LogP contribution in [0.4, 0.5) is 0 Å². The third kappa shape index (κ3) is 1.69. The van der Waals surface area contributed by atoms with Gasteiger partial charge >= 0.3 is 0 Å². The van der Waals surface area contributed by atoms with Crippen molar-refractivity contribution < 1.29 is 5.21 Å². The summed E-state index contributed by atoms with van der Waals surface area (Å²) >= 11 is 0. The molecule has 1 aromatic heterocycles. The Labute approximate surface area is 92.2 Å². The highest BCUT2D eigenvalue weighted by Crippen LogP contribution is 2.11. The van der Waals surface area contributed by atoms with Crippen LogP contribution in [0.15, 0.2) is 34.2 Å². The quantitative estimate of drug-likeness (QED) is 0.435. The predicted octanol–water partition coefficient (Wildman–Crippen LogP) is 2.03. The Hall–Kier alpha value is -2.10. The van der Waals surface area contributed by atoms with Gasteiger partial charge in [0.25, 0.3) is 0 Å². The summed E-state index contributed by atoms with van der Waals surface area (Å²) in [6.07, 6.45) is 0. The van der Waals surface area contributed by atoms with E-state index in [-0.39, 0.29) is 5.43 Å². The number of rotatable bonds is 1. The lowest BCUT2D eigenvalue weighted by Crippen LogP contribution is -2.04. The van der Waals surface area contributed by atoms with Crippen LogP contribution < -0.4 is 5.43 Å². The zero-order valence-corrected chi connectivity index (χ0v) is 9.11. The molecule has 2 N–H and O–H groups in total. The highest BCUT2D eigenvalue weighted by Gasteiger charge is 2.03. The fourth-order valence-electron chi connectivity index (χ4n) is 1.66. The van der Waals surface area contributed by atoms with Crippen molar-refractivity contribution in [3.8, 4) is 0 Å². The van der Waals surface area contributed by atoms with Gasteiger partial charge in [-0.3, -0.25) is 4.79 Å². The molecule has 0 aliphatic carbocycles. The number of aryl methyl sites for hydroxylation is 1. The molecule has 0 aliphatic heterocycles. The maximum Gasteiger partial charge on any atom is 0.189 e. The average molecular weight is 216 g/mol. The standard InChI is InChI=1S/C12H12N2O2/c1-7-5-12(15)10-6-9(8(2)14-16)3-4-11(10)13-7/h3-6,16H,1-2H3,(H,13,15). The van der Waals surface area contributed by atoms with E-state index in [1.165, 1.54) is 0 Å². The Bertz CT molecular complexity index is 626. The van der Waals surface area contributed by atoms with Gasteiger partial charge in [-0.05, 0) is 31.5 Å². The van der Waals surface area contributed by atoms with Crippen LogP contribution in [0.25, 0.3) is 10.9 Å². The molecule has 0 atom stereocenters. The van der Waals surface area contributed by atoms with Crippen molar-refractivity contribution in [2.75, 3.05) is 0 Å². The lowest BCUT2D eigenvalue weighted by atomic mass is 10.1. The van der Waals surface area contributed by atoms with Gasteiger partial charge in [0.15, 0.2) is 5.43 Å². The molecule has 2 rings (SSSR count). The Morgan fingerprint density at radius 1 is 1.38 bits per heavy atom. The number of hydrogen-bond acceptors (Lipinski definition) is 3. The summed E-state index contributed by atoms with van der Waals surface area (Å²) in [5.41, 5.74) is 2.82. The molecule has 4 heteroatoms. The maximum atomic E-state index is 11.7. The van der Waals surface area contributed by atoms with E-state index in [2.05, 4.69) is 10.1 Å². The first-order valence-electron chi connectivity index (χ1n) is 4.94. The second kappa shape index (κ2) is 3.81. The number of nitrogens with one attached hydrogen (secondary N) is 1. The number of H-pyrrole nitrogens is 1. The SMILES string of the molecule is CC(=NO)c1ccc2[nH]c(C)cc(=O)c2c1. The average Bonchev–Trinajstić information content (AvgIpc) is 2.27. The molecule has 0 saturated heterocycles. The molecule has 0 saturated carbocycles. The normalized spacial score (nSPS) is 12.0. The number of oxime groups is 1. The van der Waals surface area contributed by atoms with Crippen LogP contribution in [0, 0.1) is 6.92 Å². The first-order valence-corrected chi connectivity index (χ1v) is 4.94. The van der Waals surface area contributed by atoms with Crippen molar-refractivity contribution in [2.45, 2.75) is 13.8 Å². The van der Waals surface area contributed by atoms with E-state index in [9.17, 15) is 4.79 Å². The molecule has 0 fully saturated rings. The van der Waals surface area contributed by atoms with Crippen LogP contribution in [-0.4, -0.2) is 15.9 Å². The molecular formula is C12H12N2O2. The molecule has 16 heavy (non-hydrogen) atoms. The summed E-state index contributed by atoms with van der Waals surface area (Å²) in [6.45, 7) is 3.53. The Balaban J connectivity index is 2.76. The molecule has 1 aromatic carbocycles. The Kier molecular flexibility index (Phi) is 2.48. The van der Waals surface area contributed by atoms with Gasteiger partial charge in [-0.25, -0.2) is 0 Å². The van der Waals surface area contributed by atoms with E-state index >= 15 is 0 Å². The van der Waals surface area contributed by atoms with E-state index in [1.54, 1.807) is 19.1 Å². The predicted molar refractivity (Wildman–Crippen MR) is 63.3 cm³/mol. The molecule has 2 aromatic rings. The second-order valence-corrected chi connectivity index (χ2v) is 3.76. The number of aromatic amines is 1. The van der Waals surface area contributed by atoms with Gasteiger partial charge < -0.3 is 10.2 Å². The van der Waals surface area contributed by atoms with E-state index in [0.29, 0.717) is 11.1 Å². The Morgan fingerprint density at radius 3 is 2.81 bits per heavy atom. The number of nitrogens with zero attached hydrogens (tertiary/aromatic N) is 1. The van der Waals surface area contributed by atoms with Crippen molar-refractivity contribution in [2.24, 2.45) is 5.16 Å². The highest BCUT2D eigenvalue weighted by atomic mass is 16.4. The molecule has 0 bridgehead atoms. The summed E-state index contributed by atoms with van der Waals surface area (Å²) in [5, 5.41) is 12.4. The zero-order valence-electron chi connectivity index (χ0n) is 9.11. The molecule has 0 amide bonds. The molecule has 0 unspecified atom stereocenters. The summed E-state index contributed by atoms with van der Waals surface area (Å²) in [7, 11) is 0. The van der Waals surface area contributed by atoms with Gasteiger partial charge in [0.2, 0.25) is 0 Å². The van der Waals surface area contributed by atoms with Gasteiger partial charge in [-0.2, -0.15) is 0 Å². The summed E-state index contributed by atoms with van der Waals surface area (Å²) < 4.78 is 0. The summed E-state index contributed by atoms with van der Waals surface area (Å²) in [5.74, 6) is 0. The molecule has 0 radical (unpaired) electrons. The molecule has 0 spiro atoms. The fraction of sp³-hybridized carbons (Fsp3) is 0.167. The second-order valence-electron chi connectivity index (χ2n) is 3.76. The molecular weight excluding hydrogens is 204 g/mol. The number of aromatic nitrogens is 1. The van der Waals surface area contributed by atoms with Gasteiger partial charge in [-0.15, -0.1) is 0 Å². The monoisotopic (exact) mass is 216 g/mol. The van der Waals surface area contributed by atoms with Crippen LogP contribution in [-0.2, 0) is 0 Å². The lowest BCUT2D eigenvalue weighted by molar-refractivity contribution is 0.319. The number of pyridine rings is 1. The van der Waals surface area contributed by atoms with Crippen molar-refractivity contribution >= 4 is 16.6 Å². The fourth-order valence-corrected chi connectivity index (χ4v) is 1.66. The first kappa shape index (κ1) is 10.4. The minimum atomic E-state index is -0.0289. The van der Waals surface area contributed by atoms with Gasteiger partial charge in [0, 0.05) is 22.7 Å². The van der Waals surface area contributed by atoms with Crippen LogP contribution in [0.3, 0.4) is 0 Å².